The summed E-state index contributed by atoms with van der Waals surface area (Å²) in [5.74, 6) is 0. The molecule has 20 heavy (non-hydrogen) atoms. The van der Waals surface area contributed by atoms with Gasteiger partial charge in [0.1, 0.15) is 5.60 Å². The zero-order valence-electron chi connectivity index (χ0n) is 11.0. The van der Waals surface area contributed by atoms with Crippen molar-refractivity contribution in [2.45, 2.75) is 24.9 Å². The number of allylic oxidation sites excluding steroid dienone is 4. The van der Waals surface area contributed by atoms with Crippen LogP contribution in [0.5, 0.6) is 0 Å². The number of hydrogen-bond donors (Lipinski definition) is 0. The van der Waals surface area contributed by atoms with E-state index in [1.54, 1.807) is 0 Å². The lowest BCUT2D eigenvalue weighted by molar-refractivity contribution is 0.0357. The molecule has 4 heteroatoms. The highest BCUT2D eigenvalue weighted by molar-refractivity contribution is 7.11. The van der Waals surface area contributed by atoms with Crippen LogP contribution in [0.2, 0.25) is 0 Å². The van der Waals surface area contributed by atoms with Gasteiger partial charge in [0.2, 0.25) is 0 Å². The van der Waals surface area contributed by atoms with Gasteiger partial charge < -0.3 is 4.74 Å². The summed E-state index contributed by atoms with van der Waals surface area (Å²) < 4.78 is 6.11. The van der Waals surface area contributed by atoms with E-state index in [9.17, 15) is 4.79 Å². The predicted octanol–water partition coefficient (Wildman–Crippen LogP) is 4.58. The summed E-state index contributed by atoms with van der Waals surface area (Å²) in [5, 5.41) is 2.83. The molecule has 0 aromatic carbocycles. The minimum atomic E-state index is -0.452. The van der Waals surface area contributed by atoms with Crippen molar-refractivity contribution in [3.05, 3.63) is 56.8 Å². The van der Waals surface area contributed by atoms with Crippen molar-refractivity contribution in [1.29, 1.82) is 0 Å². The van der Waals surface area contributed by atoms with Crippen LogP contribution in [0, 0.1) is 0 Å². The number of rotatable bonds is 3. The van der Waals surface area contributed by atoms with E-state index in [-0.39, 0.29) is 0 Å². The Hall–Kier alpha value is -1.16. The molecule has 2 nitrogen and oxygen atoms in total. The average Bonchev–Trinajstić information content (AvgIpc) is 3.07. The third-order valence-electron chi connectivity index (χ3n) is 3.73. The lowest BCUT2D eigenvalue weighted by Gasteiger charge is -2.29. The van der Waals surface area contributed by atoms with E-state index in [0.29, 0.717) is 0 Å². The van der Waals surface area contributed by atoms with Gasteiger partial charge in [0.15, 0.2) is 6.29 Å². The van der Waals surface area contributed by atoms with Crippen LogP contribution in [0.15, 0.2) is 46.4 Å². The van der Waals surface area contributed by atoms with E-state index in [1.807, 2.05) is 29.7 Å². The van der Waals surface area contributed by atoms with Crippen LogP contribution in [-0.4, -0.2) is 12.9 Å². The molecule has 3 rings (SSSR count). The van der Waals surface area contributed by atoms with Gasteiger partial charge in [-0.25, -0.2) is 0 Å². The third kappa shape index (κ3) is 2.41. The maximum atomic E-state index is 10.9. The number of ether oxygens (including phenoxy) is 1. The van der Waals surface area contributed by atoms with Crippen molar-refractivity contribution < 1.29 is 9.53 Å². The highest BCUT2D eigenvalue weighted by Gasteiger charge is 2.40. The topological polar surface area (TPSA) is 26.3 Å². The molecule has 1 saturated heterocycles. The minimum Gasteiger partial charge on any atom is -0.366 e. The van der Waals surface area contributed by atoms with Crippen molar-refractivity contribution in [2.75, 3.05) is 6.61 Å². The molecule has 1 atom stereocenters. The summed E-state index contributed by atoms with van der Waals surface area (Å²) in [5.41, 5.74) is 1.68. The average molecular weight is 307 g/mol. The molecule has 0 amide bonds. The molecule has 0 spiro atoms. The molecule has 1 aromatic rings. The smallest absolute Gasteiger partial charge is 0.160 e. The van der Waals surface area contributed by atoms with E-state index < -0.39 is 5.60 Å². The summed E-state index contributed by atoms with van der Waals surface area (Å²) in [6, 6.07) is 1.93. The molecule has 0 radical (unpaired) electrons. The number of carbonyl (C=O) groups is 1. The van der Waals surface area contributed by atoms with Crippen LogP contribution in [0.4, 0.5) is 0 Å². The zero-order valence-corrected chi connectivity index (χ0v) is 12.5. The van der Waals surface area contributed by atoms with Gasteiger partial charge in [-0.05, 0) is 41.5 Å². The van der Waals surface area contributed by atoms with Crippen molar-refractivity contribution >= 4 is 29.2 Å². The second kappa shape index (κ2) is 5.68. The number of halogens is 1. The van der Waals surface area contributed by atoms with Crippen LogP contribution in [-0.2, 0) is 10.3 Å². The number of thiophene rings is 1. The molecule has 0 bridgehead atoms. The molecule has 1 aliphatic carbocycles. The Morgan fingerprint density at radius 3 is 3.05 bits per heavy atom. The van der Waals surface area contributed by atoms with Gasteiger partial charge in [-0.1, -0.05) is 29.8 Å². The summed E-state index contributed by atoms with van der Waals surface area (Å²) >= 11 is 7.69. The van der Waals surface area contributed by atoms with Gasteiger partial charge in [-0.15, -0.1) is 11.3 Å². The van der Waals surface area contributed by atoms with Crippen LogP contribution >= 0.6 is 22.9 Å². The van der Waals surface area contributed by atoms with Crippen molar-refractivity contribution in [2.24, 2.45) is 0 Å². The molecule has 0 N–H and O–H groups in total. The number of hydrogen-bond acceptors (Lipinski definition) is 3. The van der Waals surface area contributed by atoms with Gasteiger partial charge in [0.05, 0.1) is 4.88 Å². The molecule has 1 aliphatic heterocycles. The van der Waals surface area contributed by atoms with Gasteiger partial charge in [-0.2, -0.15) is 0 Å². The molecule has 2 heterocycles. The van der Waals surface area contributed by atoms with Crippen LogP contribution in [0.25, 0.3) is 0 Å². The monoisotopic (exact) mass is 306 g/mol. The third-order valence-corrected chi connectivity index (χ3v) is 4.85. The van der Waals surface area contributed by atoms with E-state index in [4.69, 9.17) is 16.3 Å². The lowest BCUT2D eigenvalue weighted by Crippen LogP contribution is -2.26. The fourth-order valence-corrected chi connectivity index (χ4v) is 3.75. The molecule has 0 saturated carbocycles. The normalized spacial score (nSPS) is 26.1. The van der Waals surface area contributed by atoms with E-state index >= 15 is 0 Å². The Balaban J connectivity index is 2.08. The summed E-state index contributed by atoms with van der Waals surface area (Å²) in [6.45, 7) is 0.735. The van der Waals surface area contributed by atoms with Crippen molar-refractivity contribution in [3.8, 4) is 0 Å². The molecular weight excluding hydrogens is 292 g/mol. The maximum Gasteiger partial charge on any atom is 0.160 e. The minimum absolute atomic E-state index is 0.452. The standard InChI is InChI=1S/C16H15ClO2S/c17-14-5-2-1-4-12(8-14)16(6-3-7-19-16)13-9-15(10-18)20-11-13/h1-2,4,8-11H,3,5-7H2. The Morgan fingerprint density at radius 1 is 1.45 bits per heavy atom. The van der Waals surface area contributed by atoms with E-state index in [1.165, 1.54) is 11.3 Å². The van der Waals surface area contributed by atoms with E-state index in [2.05, 4.69) is 6.08 Å². The number of carbonyl (C=O) groups excluding carboxylic acids is 1. The second-order valence-electron chi connectivity index (χ2n) is 4.98. The zero-order chi connectivity index (χ0) is 14.0. The van der Waals surface area contributed by atoms with Gasteiger partial charge in [0, 0.05) is 18.1 Å². The Bertz CT molecular complexity index is 604. The molecule has 1 unspecified atom stereocenters. The fourth-order valence-electron chi connectivity index (χ4n) is 2.77. The maximum absolute atomic E-state index is 10.9. The van der Waals surface area contributed by atoms with Crippen molar-refractivity contribution in [1.82, 2.24) is 0 Å². The Kier molecular flexibility index (Phi) is 3.92. The summed E-state index contributed by atoms with van der Waals surface area (Å²) in [7, 11) is 0. The van der Waals surface area contributed by atoms with Crippen LogP contribution < -0.4 is 0 Å². The quantitative estimate of drug-likeness (QED) is 0.764. The van der Waals surface area contributed by atoms with Gasteiger partial charge in [0.25, 0.3) is 0 Å². The lowest BCUT2D eigenvalue weighted by atomic mass is 9.84. The van der Waals surface area contributed by atoms with Crippen molar-refractivity contribution in [3.63, 3.8) is 0 Å². The molecule has 1 fully saturated rings. The molecule has 1 aromatic heterocycles. The number of aldehydes is 1. The summed E-state index contributed by atoms with van der Waals surface area (Å²) in [4.78, 5) is 11.7. The second-order valence-corrected chi connectivity index (χ2v) is 6.41. The predicted molar refractivity (Wildman–Crippen MR) is 82.3 cm³/mol. The molecule has 2 aliphatic rings. The SMILES string of the molecule is O=Cc1cc(C2(C3=CC=CCC(Cl)=C3)CCCO2)cs1. The van der Waals surface area contributed by atoms with Crippen LogP contribution in [0.3, 0.4) is 0 Å². The first kappa shape index (κ1) is 13.8. The highest BCUT2D eigenvalue weighted by Crippen LogP contribution is 2.45. The van der Waals surface area contributed by atoms with Crippen LogP contribution in [0.1, 0.15) is 34.5 Å². The van der Waals surface area contributed by atoms with E-state index in [0.717, 1.165) is 53.2 Å². The highest BCUT2D eigenvalue weighted by atomic mass is 35.5. The van der Waals surface area contributed by atoms with Gasteiger partial charge >= 0.3 is 0 Å². The Labute approximate surface area is 127 Å². The Morgan fingerprint density at radius 2 is 2.35 bits per heavy atom. The summed E-state index contributed by atoms with van der Waals surface area (Å²) in [6.07, 6.45) is 11.7. The fraction of sp³-hybridized carbons (Fsp3) is 0.312. The van der Waals surface area contributed by atoms with Gasteiger partial charge in [-0.3, -0.25) is 4.79 Å². The first-order valence-electron chi connectivity index (χ1n) is 6.66. The first-order valence-corrected chi connectivity index (χ1v) is 7.92. The first-order chi connectivity index (χ1) is 9.74. The largest absolute Gasteiger partial charge is 0.366 e. The molecular formula is C16H15ClO2S. The molecule has 104 valence electrons.